The lowest BCUT2D eigenvalue weighted by molar-refractivity contribution is -0.101. The summed E-state index contributed by atoms with van der Waals surface area (Å²) in [5.74, 6) is 0. The van der Waals surface area contributed by atoms with Gasteiger partial charge in [-0.3, -0.25) is 0 Å². The van der Waals surface area contributed by atoms with E-state index in [4.69, 9.17) is 15.0 Å². The van der Waals surface area contributed by atoms with Crippen LogP contribution in [0, 0.1) is 0 Å². The Morgan fingerprint density at radius 1 is 0.962 bits per heavy atom. The number of hydrogen-bond acceptors (Lipinski definition) is 4. The second-order valence-electron chi connectivity index (χ2n) is 5.96. The molecule has 0 radical (unpaired) electrons. The van der Waals surface area contributed by atoms with Crippen LogP contribution in [0.1, 0.15) is 24.5 Å². The van der Waals surface area contributed by atoms with Crippen LogP contribution in [0.25, 0.3) is 10.4 Å². The van der Waals surface area contributed by atoms with Crippen LogP contribution in [0.2, 0.25) is 0 Å². The molecule has 0 aliphatic heterocycles. The molecule has 0 aliphatic rings. The zero-order valence-electron chi connectivity index (χ0n) is 14.9. The summed E-state index contributed by atoms with van der Waals surface area (Å²) in [4.78, 5) is 2.85. The molecular formula is C20H25N3O3. The maximum atomic E-state index is 9.65. The molecule has 0 amide bonds. The molecule has 138 valence electrons. The van der Waals surface area contributed by atoms with E-state index in [2.05, 4.69) is 10.0 Å². The number of ether oxygens (including phenoxy) is 2. The first kappa shape index (κ1) is 19.9. The molecule has 0 bridgehead atoms. The quantitative estimate of drug-likeness (QED) is 0.371. The first-order valence-electron chi connectivity index (χ1n) is 8.74. The Labute approximate surface area is 154 Å². The third-order valence-electron chi connectivity index (χ3n) is 4.13. The Hall–Kier alpha value is -2.37. The van der Waals surface area contributed by atoms with Crippen LogP contribution < -0.4 is 0 Å². The molecule has 0 aromatic heterocycles. The van der Waals surface area contributed by atoms with E-state index < -0.39 is 12.1 Å². The van der Waals surface area contributed by atoms with Gasteiger partial charge in [-0.1, -0.05) is 72.7 Å². The number of benzene rings is 2. The van der Waals surface area contributed by atoms with Crippen molar-refractivity contribution in [3.63, 3.8) is 0 Å². The summed E-state index contributed by atoms with van der Waals surface area (Å²) in [7, 11) is 0. The molecule has 6 heteroatoms. The maximum Gasteiger partial charge on any atom is 0.0948 e. The number of aliphatic hydroxyl groups excluding tert-OH is 1. The molecule has 0 unspecified atom stereocenters. The Bertz CT molecular complexity index is 675. The average Bonchev–Trinajstić information content (AvgIpc) is 2.70. The Morgan fingerprint density at radius 2 is 1.50 bits per heavy atom. The molecule has 0 aliphatic carbocycles. The van der Waals surface area contributed by atoms with Gasteiger partial charge < -0.3 is 14.6 Å². The lowest BCUT2D eigenvalue weighted by Crippen LogP contribution is -2.41. The van der Waals surface area contributed by atoms with Gasteiger partial charge in [-0.15, -0.1) is 0 Å². The Morgan fingerprint density at radius 3 is 1.96 bits per heavy atom. The standard InChI is InChI=1S/C20H25N3O3/c1-2-19(25-14-16-9-5-3-6-10-16)20(18(13-24)22-23-21)26-15-17-11-7-4-8-12-17/h3-12,18-20,24H,2,13-15H2,1H3/t18-,19+,20-/m0/s1. The number of aliphatic hydroxyl groups is 1. The van der Waals surface area contributed by atoms with Gasteiger partial charge in [0.05, 0.1) is 38.1 Å². The summed E-state index contributed by atoms with van der Waals surface area (Å²) >= 11 is 0. The molecule has 2 aromatic carbocycles. The first-order valence-corrected chi connectivity index (χ1v) is 8.74. The maximum absolute atomic E-state index is 9.65. The van der Waals surface area contributed by atoms with Crippen LogP contribution in [-0.4, -0.2) is 30.0 Å². The largest absolute Gasteiger partial charge is 0.396 e. The fourth-order valence-electron chi connectivity index (χ4n) is 2.73. The van der Waals surface area contributed by atoms with Gasteiger partial charge in [-0.05, 0) is 23.1 Å². The van der Waals surface area contributed by atoms with E-state index in [0.29, 0.717) is 19.6 Å². The van der Waals surface area contributed by atoms with E-state index in [1.54, 1.807) is 0 Å². The van der Waals surface area contributed by atoms with Crippen molar-refractivity contribution in [3.05, 3.63) is 82.2 Å². The summed E-state index contributed by atoms with van der Waals surface area (Å²) in [5.41, 5.74) is 10.9. The summed E-state index contributed by atoms with van der Waals surface area (Å²) in [5, 5.41) is 13.4. The molecular weight excluding hydrogens is 330 g/mol. The minimum Gasteiger partial charge on any atom is -0.396 e. The molecule has 0 saturated heterocycles. The van der Waals surface area contributed by atoms with E-state index in [1.165, 1.54) is 0 Å². The van der Waals surface area contributed by atoms with Gasteiger partial charge >= 0.3 is 0 Å². The van der Waals surface area contributed by atoms with Crippen molar-refractivity contribution < 1.29 is 14.6 Å². The number of hydrogen-bond donors (Lipinski definition) is 1. The van der Waals surface area contributed by atoms with Crippen molar-refractivity contribution in [3.8, 4) is 0 Å². The molecule has 0 fully saturated rings. The first-order chi connectivity index (χ1) is 12.8. The highest BCUT2D eigenvalue weighted by atomic mass is 16.5. The lowest BCUT2D eigenvalue weighted by Gasteiger charge is -2.30. The van der Waals surface area contributed by atoms with Crippen LogP contribution in [0.3, 0.4) is 0 Å². The Kier molecular flexibility index (Phi) is 8.66. The monoisotopic (exact) mass is 355 g/mol. The van der Waals surface area contributed by atoms with Crippen molar-refractivity contribution in [1.29, 1.82) is 0 Å². The second kappa shape index (κ2) is 11.3. The smallest absolute Gasteiger partial charge is 0.0948 e. The van der Waals surface area contributed by atoms with Crippen molar-refractivity contribution in [1.82, 2.24) is 0 Å². The predicted octanol–water partition coefficient (Wildman–Crippen LogP) is 4.24. The molecule has 2 aromatic rings. The van der Waals surface area contributed by atoms with Crippen LogP contribution in [-0.2, 0) is 22.7 Å². The number of azide groups is 1. The summed E-state index contributed by atoms with van der Waals surface area (Å²) in [6.45, 7) is 2.47. The number of rotatable bonds is 11. The minimum absolute atomic E-state index is 0.297. The van der Waals surface area contributed by atoms with E-state index in [9.17, 15) is 5.11 Å². The van der Waals surface area contributed by atoms with Crippen LogP contribution >= 0.6 is 0 Å². The molecule has 2 rings (SSSR count). The average molecular weight is 355 g/mol. The van der Waals surface area contributed by atoms with E-state index in [-0.39, 0.29) is 12.7 Å². The van der Waals surface area contributed by atoms with Gasteiger partial charge in [-0.2, -0.15) is 0 Å². The summed E-state index contributed by atoms with van der Waals surface area (Å²) in [6, 6.07) is 18.9. The highest BCUT2D eigenvalue weighted by Gasteiger charge is 2.29. The van der Waals surface area contributed by atoms with Crippen LogP contribution in [0.15, 0.2) is 65.8 Å². The number of nitrogens with zero attached hydrogens (tertiary/aromatic N) is 3. The van der Waals surface area contributed by atoms with Crippen LogP contribution in [0.4, 0.5) is 0 Å². The van der Waals surface area contributed by atoms with E-state index in [0.717, 1.165) is 11.1 Å². The van der Waals surface area contributed by atoms with Gasteiger partial charge in [0.2, 0.25) is 0 Å². The van der Waals surface area contributed by atoms with Gasteiger partial charge in [0, 0.05) is 4.91 Å². The van der Waals surface area contributed by atoms with Gasteiger partial charge in [0.1, 0.15) is 0 Å². The van der Waals surface area contributed by atoms with Gasteiger partial charge in [0.15, 0.2) is 0 Å². The molecule has 26 heavy (non-hydrogen) atoms. The zero-order chi connectivity index (χ0) is 18.6. The SMILES string of the molecule is CC[C@@H](OCc1ccccc1)[C@@H](OCc1ccccc1)[C@H](CO)N=[N+]=[N-]. The van der Waals surface area contributed by atoms with Crippen LogP contribution in [0.5, 0.6) is 0 Å². The predicted molar refractivity (Wildman–Crippen MR) is 100 cm³/mol. The third-order valence-corrected chi connectivity index (χ3v) is 4.13. The summed E-state index contributed by atoms with van der Waals surface area (Å²) < 4.78 is 12.1. The molecule has 3 atom stereocenters. The third kappa shape index (κ3) is 6.17. The van der Waals surface area contributed by atoms with E-state index >= 15 is 0 Å². The molecule has 0 spiro atoms. The zero-order valence-corrected chi connectivity index (χ0v) is 14.9. The molecule has 1 N–H and O–H groups in total. The van der Waals surface area contributed by atoms with Crippen molar-refractivity contribution in [2.75, 3.05) is 6.61 Å². The van der Waals surface area contributed by atoms with E-state index in [1.807, 2.05) is 67.6 Å². The van der Waals surface area contributed by atoms with Crippen molar-refractivity contribution in [2.24, 2.45) is 5.11 Å². The van der Waals surface area contributed by atoms with Gasteiger partial charge in [0.25, 0.3) is 0 Å². The van der Waals surface area contributed by atoms with Crippen molar-refractivity contribution >= 4 is 0 Å². The normalized spacial score (nSPS) is 14.2. The molecule has 0 saturated carbocycles. The van der Waals surface area contributed by atoms with Gasteiger partial charge in [-0.25, -0.2) is 0 Å². The fraction of sp³-hybridized carbons (Fsp3) is 0.400. The fourth-order valence-corrected chi connectivity index (χ4v) is 2.73. The Balaban J connectivity index is 2.09. The molecule has 0 heterocycles. The second-order valence-corrected chi connectivity index (χ2v) is 5.96. The molecule has 6 nitrogen and oxygen atoms in total. The summed E-state index contributed by atoms with van der Waals surface area (Å²) in [6.07, 6.45) is -0.171. The van der Waals surface area contributed by atoms with Crippen molar-refractivity contribution in [2.45, 2.75) is 44.8 Å². The highest BCUT2D eigenvalue weighted by molar-refractivity contribution is 5.14. The highest BCUT2D eigenvalue weighted by Crippen LogP contribution is 2.19. The lowest BCUT2D eigenvalue weighted by atomic mass is 10.0. The minimum atomic E-state index is -0.704. The topological polar surface area (TPSA) is 87.5 Å².